The number of allylic oxidation sites excluding steroid dienone is 1. The van der Waals surface area contributed by atoms with Crippen molar-refractivity contribution >= 4 is 57.3 Å². The Morgan fingerprint density at radius 2 is 2.00 bits per heavy atom. The maximum atomic E-state index is 12.4. The minimum Gasteiger partial charge on any atom is -0.485 e. The van der Waals surface area contributed by atoms with Gasteiger partial charge in [0.15, 0.2) is 11.0 Å². The van der Waals surface area contributed by atoms with E-state index in [1.807, 2.05) is 35.8 Å². The molecule has 0 saturated carbocycles. The first kappa shape index (κ1) is 24.1. The molecule has 3 aromatic carbocycles. The number of amides is 1. The van der Waals surface area contributed by atoms with Crippen molar-refractivity contribution in [2.45, 2.75) is 25.2 Å². The van der Waals surface area contributed by atoms with E-state index in [9.17, 15) is 4.79 Å². The average Bonchev–Trinajstić information content (AvgIpc) is 3.21. The van der Waals surface area contributed by atoms with Crippen LogP contribution in [0.2, 0.25) is 10.0 Å². The fraction of sp³-hybridized carbons (Fsp3) is 0.160. The number of thioether (sulfide) groups is 1. The first-order chi connectivity index (χ1) is 16.5. The summed E-state index contributed by atoms with van der Waals surface area (Å²) in [5.41, 5.74) is 1.57. The molecule has 9 heteroatoms. The number of aromatic nitrogens is 3. The lowest BCUT2D eigenvalue weighted by molar-refractivity contribution is -0.113. The van der Waals surface area contributed by atoms with Crippen molar-refractivity contribution in [2.75, 3.05) is 11.1 Å². The monoisotopic (exact) mass is 512 g/mol. The third kappa shape index (κ3) is 5.55. The lowest BCUT2D eigenvalue weighted by atomic mass is 10.0. The Kier molecular flexibility index (Phi) is 7.77. The van der Waals surface area contributed by atoms with Crippen LogP contribution in [0.1, 0.15) is 11.4 Å². The van der Waals surface area contributed by atoms with Gasteiger partial charge >= 0.3 is 0 Å². The highest BCUT2D eigenvalue weighted by molar-refractivity contribution is 7.99. The molecule has 0 bridgehead atoms. The molecule has 0 radical (unpaired) electrons. The first-order valence-electron chi connectivity index (χ1n) is 10.5. The maximum absolute atomic E-state index is 12.4. The number of nitrogens with zero attached hydrogens (tertiary/aromatic N) is 3. The molecule has 174 valence electrons. The van der Waals surface area contributed by atoms with E-state index in [1.54, 1.807) is 24.3 Å². The van der Waals surface area contributed by atoms with Gasteiger partial charge in [0.25, 0.3) is 0 Å². The van der Waals surface area contributed by atoms with E-state index in [0.717, 1.165) is 16.7 Å². The zero-order chi connectivity index (χ0) is 24.1. The molecule has 0 aliphatic carbocycles. The van der Waals surface area contributed by atoms with Crippen molar-refractivity contribution in [2.24, 2.45) is 0 Å². The largest absolute Gasteiger partial charge is 0.485 e. The Bertz CT molecular complexity index is 1360. The van der Waals surface area contributed by atoms with E-state index in [1.165, 1.54) is 17.1 Å². The molecule has 1 N–H and O–H groups in total. The second-order valence-corrected chi connectivity index (χ2v) is 9.24. The van der Waals surface area contributed by atoms with Crippen molar-refractivity contribution in [1.82, 2.24) is 14.8 Å². The molecule has 0 spiro atoms. The van der Waals surface area contributed by atoms with Gasteiger partial charge in [-0.3, -0.25) is 9.36 Å². The standard InChI is InChI=1S/C25H22Cl2N4O2S/c1-3-12-31-23(14-33-22-11-8-17-6-4-5-7-19(17)16(22)2)29-30-25(31)34-15-24(32)28-21-10-9-18(26)13-20(21)27/h3-11,13H,1,12,14-15H2,2H3,(H,28,32). The molecule has 0 aliphatic heterocycles. The van der Waals surface area contributed by atoms with Gasteiger partial charge in [-0.05, 0) is 47.5 Å². The number of hydrogen-bond donors (Lipinski definition) is 1. The highest BCUT2D eigenvalue weighted by Gasteiger charge is 2.15. The molecule has 6 nitrogen and oxygen atoms in total. The number of benzene rings is 3. The third-order valence-corrected chi connectivity index (χ3v) is 6.66. The minimum absolute atomic E-state index is 0.138. The predicted molar refractivity (Wildman–Crippen MR) is 139 cm³/mol. The summed E-state index contributed by atoms with van der Waals surface area (Å²) in [6.45, 7) is 6.60. The summed E-state index contributed by atoms with van der Waals surface area (Å²) >= 11 is 13.3. The Balaban J connectivity index is 1.43. The summed E-state index contributed by atoms with van der Waals surface area (Å²) in [7, 11) is 0. The van der Waals surface area contributed by atoms with Crippen LogP contribution in [0.4, 0.5) is 5.69 Å². The second kappa shape index (κ2) is 11.0. The molecular formula is C25H22Cl2N4O2S. The zero-order valence-corrected chi connectivity index (χ0v) is 20.8. The number of ether oxygens (including phenoxy) is 1. The quantitative estimate of drug-likeness (QED) is 0.203. The fourth-order valence-corrected chi connectivity index (χ4v) is 4.68. The Morgan fingerprint density at radius 3 is 2.79 bits per heavy atom. The van der Waals surface area contributed by atoms with E-state index in [0.29, 0.717) is 33.3 Å². The molecule has 1 amide bonds. The number of hydrogen-bond acceptors (Lipinski definition) is 5. The molecule has 1 aromatic heterocycles. The molecule has 4 aromatic rings. The van der Waals surface area contributed by atoms with Gasteiger partial charge in [-0.25, -0.2) is 0 Å². The van der Waals surface area contributed by atoms with Gasteiger partial charge in [0.1, 0.15) is 12.4 Å². The molecule has 4 rings (SSSR count). The van der Waals surface area contributed by atoms with Crippen molar-refractivity contribution in [3.8, 4) is 5.75 Å². The van der Waals surface area contributed by atoms with Crippen LogP contribution in [-0.4, -0.2) is 26.4 Å². The summed E-state index contributed by atoms with van der Waals surface area (Å²) in [5.74, 6) is 1.36. The topological polar surface area (TPSA) is 69.0 Å². The average molecular weight is 513 g/mol. The number of carbonyl (C=O) groups excluding carboxylic acids is 1. The number of anilines is 1. The zero-order valence-electron chi connectivity index (χ0n) is 18.4. The number of aryl methyl sites for hydroxylation is 1. The number of rotatable bonds is 9. The molecular weight excluding hydrogens is 491 g/mol. The van der Waals surface area contributed by atoms with Crippen LogP contribution in [0.25, 0.3) is 10.8 Å². The number of halogens is 2. The summed E-state index contributed by atoms with van der Waals surface area (Å²) in [5, 5.41) is 15.1. The molecule has 0 unspecified atom stereocenters. The number of nitrogens with one attached hydrogen (secondary N) is 1. The van der Waals surface area contributed by atoms with E-state index < -0.39 is 0 Å². The van der Waals surface area contributed by atoms with Crippen LogP contribution in [0, 0.1) is 6.92 Å². The predicted octanol–water partition coefficient (Wildman–Crippen LogP) is 6.54. The van der Waals surface area contributed by atoms with Crippen molar-refractivity contribution in [3.63, 3.8) is 0 Å². The fourth-order valence-electron chi connectivity index (χ4n) is 3.46. The molecule has 1 heterocycles. The van der Waals surface area contributed by atoms with Crippen LogP contribution in [0.5, 0.6) is 5.75 Å². The summed E-state index contributed by atoms with van der Waals surface area (Å²) in [6.07, 6.45) is 1.76. The van der Waals surface area contributed by atoms with Crippen LogP contribution in [0.15, 0.2) is 72.4 Å². The van der Waals surface area contributed by atoms with E-state index >= 15 is 0 Å². The van der Waals surface area contributed by atoms with Gasteiger partial charge in [0, 0.05) is 11.6 Å². The Labute approximate surface area is 211 Å². The van der Waals surface area contributed by atoms with Crippen molar-refractivity contribution in [3.05, 3.63) is 88.7 Å². The Morgan fingerprint density at radius 1 is 1.18 bits per heavy atom. The summed E-state index contributed by atoms with van der Waals surface area (Å²) < 4.78 is 7.97. The SMILES string of the molecule is C=CCn1c(COc2ccc3ccccc3c2C)nnc1SCC(=O)Nc1ccc(Cl)cc1Cl. The molecule has 34 heavy (non-hydrogen) atoms. The first-order valence-corrected chi connectivity index (χ1v) is 12.2. The maximum Gasteiger partial charge on any atom is 0.234 e. The van der Waals surface area contributed by atoms with E-state index in [2.05, 4.69) is 34.2 Å². The lowest BCUT2D eigenvalue weighted by Crippen LogP contribution is -2.15. The molecule has 0 atom stereocenters. The van der Waals surface area contributed by atoms with Crippen molar-refractivity contribution < 1.29 is 9.53 Å². The third-order valence-electron chi connectivity index (χ3n) is 5.15. The lowest BCUT2D eigenvalue weighted by Gasteiger charge is -2.12. The Hall–Kier alpha value is -3.00. The van der Waals surface area contributed by atoms with E-state index in [4.69, 9.17) is 27.9 Å². The molecule has 0 aliphatic rings. The smallest absolute Gasteiger partial charge is 0.234 e. The van der Waals surface area contributed by atoms with Gasteiger partial charge in [0.05, 0.1) is 16.5 Å². The minimum atomic E-state index is -0.216. The van der Waals surface area contributed by atoms with Crippen LogP contribution < -0.4 is 10.1 Å². The van der Waals surface area contributed by atoms with Crippen LogP contribution in [0.3, 0.4) is 0 Å². The molecule has 0 saturated heterocycles. The van der Waals surface area contributed by atoms with Crippen LogP contribution >= 0.6 is 35.0 Å². The second-order valence-electron chi connectivity index (χ2n) is 7.46. The van der Waals surface area contributed by atoms with Crippen molar-refractivity contribution in [1.29, 1.82) is 0 Å². The highest BCUT2D eigenvalue weighted by atomic mass is 35.5. The van der Waals surface area contributed by atoms with Gasteiger partial charge in [-0.15, -0.1) is 16.8 Å². The number of carbonyl (C=O) groups is 1. The van der Waals surface area contributed by atoms with Gasteiger partial charge in [-0.1, -0.05) is 71.4 Å². The van der Waals surface area contributed by atoms with Gasteiger partial charge < -0.3 is 10.1 Å². The highest BCUT2D eigenvalue weighted by Crippen LogP contribution is 2.28. The number of fused-ring (bicyclic) bond motifs is 1. The summed E-state index contributed by atoms with van der Waals surface area (Å²) in [4.78, 5) is 12.4. The van der Waals surface area contributed by atoms with Gasteiger partial charge in [-0.2, -0.15) is 0 Å². The van der Waals surface area contributed by atoms with Gasteiger partial charge in [0.2, 0.25) is 5.91 Å². The normalized spacial score (nSPS) is 10.9. The van der Waals surface area contributed by atoms with Crippen LogP contribution in [-0.2, 0) is 17.9 Å². The molecule has 0 fully saturated rings. The summed E-state index contributed by atoms with van der Waals surface area (Å²) in [6, 6.07) is 17.1. The van der Waals surface area contributed by atoms with E-state index in [-0.39, 0.29) is 18.3 Å².